The standard InChI is InChI=1S/C7H9NO4S/c1-8(2)13(10,11)7-4-3-6(5-9)12-7/h3-5H,1-2H3. The van der Waals surface area contributed by atoms with Gasteiger partial charge in [-0.15, -0.1) is 0 Å². The zero-order chi connectivity index (χ0) is 10.1. The van der Waals surface area contributed by atoms with Gasteiger partial charge in [-0.25, -0.2) is 12.7 Å². The van der Waals surface area contributed by atoms with E-state index in [1.54, 1.807) is 0 Å². The first-order valence-corrected chi connectivity index (χ1v) is 4.90. The predicted octanol–water partition coefficient (Wildman–Crippen LogP) is 0.342. The molecule has 0 fully saturated rings. The topological polar surface area (TPSA) is 67.6 Å². The van der Waals surface area contributed by atoms with Crippen LogP contribution in [0.1, 0.15) is 10.6 Å². The molecule has 0 atom stereocenters. The van der Waals surface area contributed by atoms with E-state index in [4.69, 9.17) is 4.42 Å². The van der Waals surface area contributed by atoms with Crippen LogP contribution in [0.15, 0.2) is 21.6 Å². The molecule has 1 heterocycles. The minimum Gasteiger partial charge on any atom is -0.440 e. The minimum atomic E-state index is -3.56. The third-order valence-corrected chi connectivity index (χ3v) is 3.14. The first-order valence-electron chi connectivity index (χ1n) is 3.46. The molecule has 6 heteroatoms. The minimum absolute atomic E-state index is 0.000394. The zero-order valence-corrected chi connectivity index (χ0v) is 8.04. The van der Waals surface area contributed by atoms with Crippen LogP contribution in [0.25, 0.3) is 0 Å². The highest BCUT2D eigenvalue weighted by atomic mass is 32.2. The van der Waals surface area contributed by atoms with E-state index in [1.165, 1.54) is 26.2 Å². The predicted molar refractivity (Wildman–Crippen MR) is 45.0 cm³/mol. The number of furan rings is 1. The monoisotopic (exact) mass is 203 g/mol. The molecule has 0 aliphatic rings. The summed E-state index contributed by atoms with van der Waals surface area (Å²) in [6, 6.07) is 2.56. The Morgan fingerprint density at radius 2 is 2.00 bits per heavy atom. The fourth-order valence-electron chi connectivity index (χ4n) is 0.716. The second kappa shape index (κ2) is 3.31. The zero-order valence-electron chi connectivity index (χ0n) is 7.22. The molecule has 0 unspecified atom stereocenters. The lowest BCUT2D eigenvalue weighted by molar-refractivity contribution is 0.109. The average molecular weight is 203 g/mol. The molecule has 0 saturated heterocycles. The maximum absolute atomic E-state index is 11.4. The van der Waals surface area contributed by atoms with Crippen molar-refractivity contribution in [3.63, 3.8) is 0 Å². The fourth-order valence-corrected chi connectivity index (χ4v) is 1.52. The summed E-state index contributed by atoms with van der Waals surface area (Å²) in [6.07, 6.45) is 0.453. The highest BCUT2D eigenvalue weighted by Crippen LogP contribution is 2.15. The summed E-state index contributed by atoms with van der Waals surface area (Å²) in [6.45, 7) is 0. The summed E-state index contributed by atoms with van der Waals surface area (Å²) < 4.78 is 28.5. The van der Waals surface area contributed by atoms with Crippen LogP contribution in [-0.4, -0.2) is 33.1 Å². The Labute approximate surface area is 76.0 Å². The molecule has 5 nitrogen and oxygen atoms in total. The third-order valence-electron chi connectivity index (χ3n) is 1.45. The quantitative estimate of drug-likeness (QED) is 0.664. The number of carbonyl (C=O) groups excluding carboxylic acids is 1. The molecule has 0 amide bonds. The summed E-state index contributed by atoms with van der Waals surface area (Å²) in [5, 5.41) is -0.223. The van der Waals surface area contributed by atoms with Crippen LogP contribution >= 0.6 is 0 Å². The molecule has 0 aliphatic heterocycles. The van der Waals surface area contributed by atoms with Crippen molar-refractivity contribution in [1.82, 2.24) is 4.31 Å². The second-order valence-electron chi connectivity index (χ2n) is 2.56. The van der Waals surface area contributed by atoms with Crippen molar-refractivity contribution in [2.75, 3.05) is 14.1 Å². The molecule has 0 N–H and O–H groups in total. The van der Waals surface area contributed by atoms with Gasteiger partial charge in [-0.3, -0.25) is 4.79 Å². The summed E-state index contributed by atoms with van der Waals surface area (Å²) in [7, 11) is -0.784. The Kier molecular flexibility index (Phi) is 2.53. The Hall–Kier alpha value is -1.14. The third kappa shape index (κ3) is 1.78. The van der Waals surface area contributed by atoms with E-state index in [9.17, 15) is 13.2 Å². The van der Waals surface area contributed by atoms with E-state index in [-0.39, 0.29) is 10.9 Å². The average Bonchev–Trinajstić information content (AvgIpc) is 2.51. The summed E-state index contributed by atoms with van der Waals surface area (Å²) >= 11 is 0. The molecule has 1 aromatic rings. The van der Waals surface area contributed by atoms with Gasteiger partial charge in [0.1, 0.15) is 0 Å². The number of sulfonamides is 1. The molecular formula is C7H9NO4S. The number of nitrogens with zero attached hydrogens (tertiary/aromatic N) is 1. The van der Waals surface area contributed by atoms with Gasteiger partial charge in [0.25, 0.3) is 10.0 Å². The molecule has 0 saturated carbocycles. The van der Waals surface area contributed by atoms with E-state index in [2.05, 4.69) is 0 Å². The number of rotatable bonds is 3. The second-order valence-corrected chi connectivity index (χ2v) is 4.64. The number of carbonyl (C=O) groups is 1. The van der Waals surface area contributed by atoms with Crippen molar-refractivity contribution in [2.45, 2.75) is 5.09 Å². The van der Waals surface area contributed by atoms with Crippen molar-refractivity contribution < 1.29 is 17.6 Å². The molecular weight excluding hydrogens is 194 g/mol. The van der Waals surface area contributed by atoms with Gasteiger partial charge in [-0.2, -0.15) is 0 Å². The Morgan fingerprint density at radius 1 is 1.38 bits per heavy atom. The van der Waals surface area contributed by atoms with Gasteiger partial charge in [0, 0.05) is 14.1 Å². The van der Waals surface area contributed by atoms with Crippen LogP contribution < -0.4 is 0 Å². The van der Waals surface area contributed by atoms with Crippen molar-refractivity contribution in [3.8, 4) is 0 Å². The van der Waals surface area contributed by atoms with Crippen molar-refractivity contribution in [2.24, 2.45) is 0 Å². The highest BCUT2D eigenvalue weighted by Gasteiger charge is 2.21. The number of hydrogen-bond donors (Lipinski definition) is 0. The first kappa shape index (κ1) is 9.94. The molecule has 1 aromatic heterocycles. The lowest BCUT2D eigenvalue weighted by atomic mass is 10.5. The fraction of sp³-hybridized carbons (Fsp3) is 0.286. The van der Waals surface area contributed by atoms with Gasteiger partial charge < -0.3 is 4.42 Å². The van der Waals surface area contributed by atoms with Crippen LogP contribution in [0.3, 0.4) is 0 Å². The maximum Gasteiger partial charge on any atom is 0.275 e. The molecule has 72 valence electrons. The highest BCUT2D eigenvalue weighted by molar-refractivity contribution is 7.88. The normalized spacial score (nSPS) is 11.9. The van der Waals surface area contributed by atoms with Crippen LogP contribution in [0, 0.1) is 0 Å². The largest absolute Gasteiger partial charge is 0.440 e. The summed E-state index contributed by atoms with van der Waals surface area (Å²) in [5.41, 5.74) is 0. The first-order chi connectivity index (χ1) is 5.98. The maximum atomic E-state index is 11.4. The smallest absolute Gasteiger partial charge is 0.275 e. The SMILES string of the molecule is CN(C)S(=O)(=O)c1ccc(C=O)o1. The van der Waals surface area contributed by atoms with Crippen molar-refractivity contribution in [3.05, 3.63) is 17.9 Å². The molecule has 0 radical (unpaired) electrons. The lowest BCUT2D eigenvalue weighted by Crippen LogP contribution is -2.21. The molecule has 0 aromatic carbocycles. The molecule has 0 spiro atoms. The van der Waals surface area contributed by atoms with E-state index >= 15 is 0 Å². The Balaban J connectivity index is 3.16. The molecule has 1 rings (SSSR count). The van der Waals surface area contributed by atoms with Gasteiger partial charge in [0.15, 0.2) is 12.0 Å². The Bertz CT molecular complexity index is 404. The molecule has 0 bridgehead atoms. The Morgan fingerprint density at radius 3 is 2.38 bits per heavy atom. The molecule has 0 aliphatic carbocycles. The van der Waals surface area contributed by atoms with Gasteiger partial charge in [-0.05, 0) is 12.1 Å². The van der Waals surface area contributed by atoms with E-state index < -0.39 is 10.0 Å². The van der Waals surface area contributed by atoms with Crippen LogP contribution in [0.5, 0.6) is 0 Å². The van der Waals surface area contributed by atoms with Crippen molar-refractivity contribution >= 4 is 16.3 Å². The van der Waals surface area contributed by atoms with Gasteiger partial charge in [-0.1, -0.05) is 0 Å². The number of aldehydes is 1. The van der Waals surface area contributed by atoms with Crippen LogP contribution in [-0.2, 0) is 10.0 Å². The van der Waals surface area contributed by atoms with Gasteiger partial charge in [0.2, 0.25) is 5.09 Å². The van der Waals surface area contributed by atoms with E-state index in [1.807, 2.05) is 0 Å². The van der Waals surface area contributed by atoms with Crippen molar-refractivity contribution in [1.29, 1.82) is 0 Å². The molecule has 13 heavy (non-hydrogen) atoms. The van der Waals surface area contributed by atoms with E-state index in [0.717, 1.165) is 4.31 Å². The number of hydrogen-bond acceptors (Lipinski definition) is 4. The van der Waals surface area contributed by atoms with E-state index in [0.29, 0.717) is 6.29 Å². The van der Waals surface area contributed by atoms with Gasteiger partial charge in [0.05, 0.1) is 0 Å². The van der Waals surface area contributed by atoms with Crippen LogP contribution in [0.2, 0.25) is 0 Å². The lowest BCUT2D eigenvalue weighted by Gasteiger charge is -2.07. The summed E-state index contributed by atoms with van der Waals surface area (Å²) in [4.78, 5) is 10.2. The van der Waals surface area contributed by atoms with Gasteiger partial charge >= 0.3 is 0 Å². The van der Waals surface area contributed by atoms with Crippen LogP contribution in [0.4, 0.5) is 0 Å². The summed E-state index contributed by atoms with van der Waals surface area (Å²) in [5.74, 6) is 0.000394.